The molecule has 3 N–H and O–H groups in total. The Morgan fingerprint density at radius 1 is 1.08 bits per heavy atom. The Bertz CT molecular complexity index is 889. The van der Waals surface area contributed by atoms with Crippen LogP contribution >= 0.6 is 11.3 Å². The summed E-state index contributed by atoms with van der Waals surface area (Å²) < 4.78 is 40.3. The number of nitrogens with two attached hydrogens (primary N) is 1. The van der Waals surface area contributed by atoms with Gasteiger partial charge in [0.25, 0.3) is 0 Å². The summed E-state index contributed by atoms with van der Waals surface area (Å²) in [4.78, 5) is 16.4. The maximum absolute atomic E-state index is 13.7. The molecule has 8 heteroatoms. The number of rotatable bonds is 4. The van der Waals surface area contributed by atoms with Gasteiger partial charge in [-0.1, -0.05) is 41.7 Å². The van der Waals surface area contributed by atoms with E-state index in [2.05, 4.69) is 10.3 Å². The Labute approximate surface area is 138 Å². The summed E-state index contributed by atoms with van der Waals surface area (Å²) in [6.45, 7) is 0. The zero-order chi connectivity index (χ0) is 17.3. The van der Waals surface area contributed by atoms with Crippen LogP contribution in [0.4, 0.5) is 29.8 Å². The quantitative estimate of drug-likeness (QED) is 0.696. The molecule has 4 nitrogen and oxygen atoms in total. The second kappa shape index (κ2) is 6.32. The molecule has 0 unspecified atom stereocenters. The highest BCUT2D eigenvalue weighted by Gasteiger charge is 2.19. The summed E-state index contributed by atoms with van der Waals surface area (Å²) in [6.07, 6.45) is 0. The molecule has 0 spiro atoms. The van der Waals surface area contributed by atoms with Gasteiger partial charge in [0.1, 0.15) is 22.2 Å². The van der Waals surface area contributed by atoms with E-state index in [0.717, 1.165) is 11.3 Å². The Kier molecular flexibility index (Phi) is 4.22. The molecule has 3 rings (SSSR count). The zero-order valence-electron chi connectivity index (χ0n) is 12.0. The standard InChI is InChI=1S/C16H10F3N3OS/c17-9-6-10(18)12(11(19)7-9)21-16-22-15(20)14(24-16)13(23)8-4-2-1-3-5-8/h1-7H,20H2,(H,21,22). The maximum atomic E-state index is 13.7. The van der Waals surface area contributed by atoms with Gasteiger partial charge in [-0.2, -0.15) is 0 Å². The van der Waals surface area contributed by atoms with E-state index in [4.69, 9.17) is 5.73 Å². The first kappa shape index (κ1) is 16.0. The molecular weight excluding hydrogens is 339 g/mol. The van der Waals surface area contributed by atoms with E-state index in [1.54, 1.807) is 30.3 Å². The van der Waals surface area contributed by atoms with Gasteiger partial charge < -0.3 is 11.1 Å². The molecule has 24 heavy (non-hydrogen) atoms. The van der Waals surface area contributed by atoms with Crippen molar-refractivity contribution in [3.8, 4) is 0 Å². The molecule has 0 amide bonds. The van der Waals surface area contributed by atoms with Crippen LogP contribution in [0.25, 0.3) is 0 Å². The molecule has 1 heterocycles. The van der Waals surface area contributed by atoms with Crippen molar-refractivity contribution in [3.63, 3.8) is 0 Å². The number of hydrogen-bond acceptors (Lipinski definition) is 5. The number of carbonyl (C=O) groups is 1. The summed E-state index contributed by atoms with van der Waals surface area (Å²) in [5.74, 6) is -3.67. The highest BCUT2D eigenvalue weighted by Crippen LogP contribution is 2.31. The second-order valence-electron chi connectivity index (χ2n) is 4.80. The van der Waals surface area contributed by atoms with Crippen molar-refractivity contribution in [3.05, 3.63) is 70.4 Å². The average molecular weight is 349 g/mol. The molecule has 0 atom stereocenters. The summed E-state index contributed by atoms with van der Waals surface area (Å²) >= 11 is 0.855. The molecule has 0 fully saturated rings. The van der Waals surface area contributed by atoms with E-state index < -0.39 is 23.1 Å². The number of nitrogens with one attached hydrogen (secondary N) is 1. The molecule has 0 saturated heterocycles. The topological polar surface area (TPSA) is 68.0 Å². The van der Waals surface area contributed by atoms with E-state index in [-0.39, 0.29) is 21.6 Å². The van der Waals surface area contributed by atoms with Crippen LogP contribution in [0.1, 0.15) is 15.2 Å². The third kappa shape index (κ3) is 3.09. The van der Waals surface area contributed by atoms with Gasteiger partial charge in [0.2, 0.25) is 5.78 Å². The minimum absolute atomic E-state index is 0.0242. The van der Waals surface area contributed by atoms with Crippen LogP contribution in [0.15, 0.2) is 42.5 Å². The fraction of sp³-hybridized carbons (Fsp3) is 0. The Morgan fingerprint density at radius 2 is 1.71 bits per heavy atom. The number of benzene rings is 2. The van der Waals surface area contributed by atoms with Crippen LogP contribution in [0.3, 0.4) is 0 Å². The lowest BCUT2D eigenvalue weighted by Gasteiger charge is -2.05. The molecule has 1 aromatic heterocycles. The van der Waals surface area contributed by atoms with E-state index in [1.165, 1.54) is 0 Å². The van der Waals surface area contributed by atoms with Gasteiger partial charge in [0.15, 0.2) is 16.8 Å². The number of anilines is 3. The first-order valence-electron chi connectivity index (χ1n) is 6.73. The van der Waals surface area contributed by atoms with Crippen molar-refractivity contribution in [1.29, 1.82) is 0 Å². The lowest BCUT2D eigenvalue weighted by molar-refractivity contribution is 0.104. The summed E-state index contributed by atoms with van der Waals surface area (Å²) in [6, 6.07) is 9.48. The smallest absolute Gasteiger partial charge is 0.206 e. The fourth-order valence-corrected chi connectivity index (χ4v) is 2.89. The molecule has 0 radical (unpaired) electrons. The first-order valence-corrected chi connectivity index (χ1v) is 7.55. The SMILES string of the molecule is Nc1nc(Nc2c(F)cc(F)cc2F)sc1C(=O)c1ccccc1. The molecule has 2 aromatic carbocycles. The zero-order valence-corrected chi connectivity index (χ0v) is 12.8. The molecule has 0 aliphatic heterocycles. The van der Waals surface area contributed by atoms with E-state index in [9.17, 15) is 18.0 Å². The predicted octanol–water partition coefficient (Wildman–Crippen LogP) is 4.12. The number of carbonyl (C=O) groups excluding carboxylic acids is 1. The highest BCUT2D eigenvalue weighted by atomic mass is 32.1. The number of nitrogen functional groups attached to an aromatic ring is 1. The lowest BCUT2D eigenvalue weighted by atomic mass is 10.1. The van der Waals surface area contributed by atoms with Crippen molar-refractivity contribution in [1.82, 2.24) is 4.98 Å². The van der Waals surface area contributed by atoms with Crippen molar-refractivity contribution >= 4 is 33.8 Å². The lowest BCUT2D eigenvalue weighted by Crippen LogP contribution is -2.02. The second-order valence-corrected chi connectivity index (χ2v) is 5.80. The number of aromatic nitrogens is 1. The van der Waals surface area contributed by atoms with Gasteiger partial charge in [-0.25, -0.2) is 18.2 Å². The molecule has 0 aliphatic carbocycles. The minimum Gasteiger partial charge on any atom is -0.382 e. The van der Waals surface area contributed by atoms with Crippen LogP contribution in [-0.4, -0.2) is 10.8 Å². The van der Waals surface area contributed by atoms with E-state index in [1.807, 2.05) is 0 Å². The van der Waals surface area contributed by atoms with Gasteiger partial charge in [-0.3, -0.25) is 4.79 Å². The minimum atomic E-state index is -1.11. The van der Waals surface area contributed by atoms with Crippen molar-refractivity contribution in [2.24, 2.45) is 0 Å². The van der Waals surface area contributed by atoms with Gasteiger partial charge in [0.05, 0.1) is 0 Å². The summed E-state index contributed by atoms with van der Waals surface area (Å²) in [7, 11) is 0. The van der Waals surface area contributed by atoms with E-state index >= 15 is 0 Å². The van der Waals surface area contributed by atoms with Crippen molar-refractivity contribution < 1.29 is 18.0 Å². The summed E-state index contributed by atoms with van der Waals surface area (Å²) in [5, 5.41) is 2.42. The molecule has 0 saturated carbocycles. The molecule has 0 bridgehead atoms. The van der Waals surface area contributed by atoms with Crippen LogP contribution in [0.5, 0.6) is 0 Å². The number of ketones is 1. The van der Waals surface area contributed by atoms with Gasteiger partial charge in [-0.15, -0.1) is 0 Å². The van der Waals surface area contributed by atoms with Gasteiger partial charge in [0, 0.05) is 17.7 Å². The Morgan fingerprint density at radius 3 is 2.33 bits per heavy atom. The van der Waals surface area contributed by atoms with Gasteiger partial charge in [-0.05, 0) is 0 Å². The highest BCUT2D eigenvalue weighted by molar-refractivity contribution is 7.18. The fourth-order valence-electron chi connectivity index (χ4n) is 2.04. The van der Waals surface area contributed by atoms with Crippen LogP contribution in [0.2, 0.25) is 0 Å². The maximum Gasteiger partial charge on any atom is 0.206 e. The molecule has 0 aliphatic rings. The predicted molar refractivity (Wildman–Crippen MR) is 86.0 cm³/mol. The van der Waals surface area contributed by atoms with Crippen LogP contribution in [-0.2, 0) is 0 Å². The first-order chi connectivity index (χ1) is 11.5. The number of halogens is 3. The van der Waals surface area contributed by atoms with Crippen LogP contribution < -0.4 is 11.1 Å². The molecular formula is C16H10F3N3OS. The largest absolute Gasteiger partial charge is 0.382 e. The third-order valence-corrected chi connectivity index (χ3v) is 4.12. The van der Waals surface area contributed by atoms with Crippen LogP contribution in [0, 0.1) is 17.5 Å². The third-order valence-electron chi connectivity index (χ3n) is 3.13. The Balaban J connectivity index is 1.92. The molecule has 122 valence electrons. The van der Waals surface area contributed by atoms with Crippen molar-refractivity contribution in [2.45, 2.75) is 0 Å². The monoisotopic (exact) mass is 349 g/mol. The number of hydrogen-bond donors (Lipinski definition) is 2. The summed E-state index contributed by atoms with van der Waals surface area (Å²) in [5.41, 5.74) is 5.57. The normalized spacial score (nSPS) is 10.6. The number of thiazole rings is 1. The average Bonchev–Trinajstić information content (AvgIpc) is 2.91. The Hall–Kier alpha value is -2.87. The number of nitrogens with zero attached hydrogens (tertiary/aromatic N) is 1. The van der Waals surface area contributed by atoms with Gasteiger partial charge >= 0.3 is 0 Å². The van der Waals surface area contributed by atoms with E-state index in [0.29, 0.717) is 17.7 Å². The van der Waals surface area contributed by atoms with Crippen molar-refractivity contribution in [2.75, 3.05) is 11.1 Å². The molecule has 3 aromatic rings.